The summed E-state index contributed by atoms with van der Waals surface area (Å²) in [5.41, 5.74) is 6.59. The first-order chi connectivity index (χ1) is 13.9. The van der Waals surface area contributed by atoms with Gasteiger partial charge >= 0.3 is 5.97 Å². The van der Waals surface area contributed by atoms with Crippen LogP contribution in [0.25, 0.3) is 0 Å². The highest BCUT2D eigenvalue weighted by molar-refractivity contribution is 8.14. The zero-order valence-corrected chi connectivity index (χ0v) is 15.7. The van der Waals surface area contributed by atoms with E-state index in [1.54, 1.807) is 18.2 Å². The second-order valence-corrected chi connectivity index (χ2v) is 7.19. The number of thioether (sulfide) groups is 1. The van der Waals surface area contributed by atoms with Crippen LogP contribution in [0.5, 0.6) is 5.75 Å². The monoisotopic (exact) mass is 412 g/mol. The standard InChI is InChI=1S/C19H16N4O5S/c20-19(22-21-10-12-3-1-2-4-14(12)24)29-15-9-16(25)23(17(15)26)13-7-5-11(6-8-13)18(27)28/h1-8,10,15,24H,9H2,(H2,20,22)(H,27,28)/b21-10-/t15-/m1/s1. The van der Waals surface area contributed by atoms with Crippen LogP contribution in [0.4, 0.5) is 5.69 Å². The average Bonchev–Trinajstić information content (AvgIpc) is 2.96. The van der Waals surface area contributed by atoms with E-state index in [-0.39, 0.29) is 22.9 Å². The zero-order chi connectivity index (χ0) is 21.0. The maximum Gasteiger partial charge on any atom is 0.335 e. The lowest BCUT2D eigenvalue weighted by atomic mass is 10.2. The van der Waals surface area contributed by atoms with E-state index in [0.29, 0.717) is 11.3 Å². The highest BCUT2D eigenvalue weighted by Crippen LogP contribution is 2.30. The SMILES string of the molecule is NC(=N/N=C\c1ccccc1O)S[C@@H]1CC(=O)N(c2ccc(C(=O)O)cc2)C1=O. The second-order valence-electron chi connectivity index (χ2n) is 5.97. The maximum atomic E-state index is 12.6. The molecule has 1 fully saturated rings. The number of carboxylic acids is 1. The van der Waals surface area contributed by atoms with E-state index < -0.39 is 23.0 Å². The van der Waals surface area contributed by atoms with Crippen LogP contribution >= 0.6 is 11.8 Å². The molecular weight excluding hydrogens is 396 g/mol. The fourth-order valence-corrected chi connectivity index (χ4v) is 3.45. The van der Waals surface area contributed by atoms with Crippen molar-refractivity contribution in [3.63, 3.8) is 0 Å². The topological polar surface area (TPSA) is 146 Å². The molecule has 0 radical (unpaired) electrons. The number of aromatic hydroxyl groups is 1. The number of amidine groups is 1. The number of para-hydroxylation sites is 1. The van der Waals surface area contributed by atoms with Crippen LogP contribution in [0.15, 0.2) is 58.7 Å². The van der Waals surface area contributed by atoms with Crippen molar-refractivity contribution in [2.45, 2.75) is 11.7 Å². The van der Waals surface area contributed by atoms with Crippen molar-refractivity contribution in [3.8, 4) is 5.75 Å². The smallest absolute Gasteiger partial charge is 0.335 e. The number of amides is 2. The molecule has 0 aromatic heterocycles. The van der Waals surface area contributed by atoms with Crippen molar-refractivity contribution in [1.82, 2.24) is 0 Å². The van der Waals surface area contributed by atoms with Crippen LogP contribution < -0.4 is 10.6 Å². The van der Waals surface area contributed by atoms with E-state index in [2.05, 4.69) is 10.2 Å². The number of rotatable bonds is 5. The molecule has 1 saturated heterocycles. The lowest BCUT2D eigenvalue weighted by Crippen LogP contribution is -2.31. The van der Waals surface area contributed by atoms with Gasteiger partial charge < -0.3 is 15.9 Å². The largest absolute Gasteiger partial charge is 0.507 e. The molecule has 0 spiro atoms. The molecule has 1 aliphatic rings. The van der Waals surface area contributed by atoms with Crippen molar-refractivity contribution in [2.24, 2.45) is 15.9 Å². The quantitative estimate of drug-likeness (QED) is 0.294. The van der Waals surface area contributed by atoms with Crippen molar-refractivity contribution < 1.29 is 24.6 Å². The predicted molar refractivity (Wildman–Crippen MR) is 109 cm³/mol. The highest BCUT2D eigenvalue weighted by Gasteiger charge is 2.40. The Kier molecular flexibility index (Phi) is 5.93. The summed E-state index contributed by atoms with van der Waals surface area (Å²) in [6.07, 6.45) is 1.25. The Hall–Kier alpha value is -3.66. The number of carbonyl (C=O) groups is 3. The van der Waals surface area contributed by atoms with Gasteiger partial charge in [0.05, 0.1) is 17.5 Å². The Morgan fingerprint density at radius 3 is 2.52 bits per heavy atom. The van der Waals surface area contributed by atoms with Gasteiger partial charge in [0.2, 0.25) is 11.8 Å². The van der Waals surface area contributed by atoms with Crippen molar-refractivity contribution in [1.29, 1.82) is 0 Å². The molecule has 1 heterocycles. The van der Waals surface area contributed by atoms with Gasteiger partial charge in [0.25, 0.3) is 0 Å². The fraction of sp³-hybridized carbons (Fsp3) is 0.105. The summed E-state index contributed by atoms with van der Waals surface area (Å²) < 4.78 is 0. The number of anilines is 1. The van der Waals surface area contributed by atoms with E-state index in [1.807, 2.05) is 0 Å². The van der Waals surface area contributed by atoms with Gasteiger partial charge in [0, 0.05) is 12.0 Å². The molecule has 10 heteroatoms. The third-order valence-electron chi connectivity index (χ3n) is 4.03. The van der Waals surface area contributed by atoms with Gasteiger partial charge in [-0.3, -0.25) is 9.59 Å². The van der Waals surface area contributed by atoms with Crippen molar-refractivity contribution >= 4 is 46.6 Å². The lowest BCUT2D eigenvalue weighted by Gasteiger charge is -2.14. The number of carbonyl (C=O) groups excluding carboxylic acids is 2. The number of imide groups is 1. The summed E-state index contributed by atoms with van der Waals surface area (Å²) in [6.45, 7) is 0. The first-order valence-electron chi connectivity index (χ1n) is 8.38. The molecule has 2 aromatic rings. The number of phenols is 1. The van der Waals surface area contributed by atoms with Gasteiger partial charge in [-0.05, 0) is 36.4 Å². The Balaban J connectivity index is 1.67. The van der Waals surface area contributed by atoms with Crippen LogP contribution in [0.1, 0.15) is 22.3 Å². The van der Waals surface area contributed by atoms with Crippen molar-refractivity contribution in [2.75, 3.05) is 4.90 Å². The Morgan fingerprint density at radius 2 is 1.86 bits per heavy atom. The summed E-state index contributed by atoms with van der Waals surface area (Å²) in [5, 5.41) is 25.4. The third kappa shape index (κ3) is 4.61. The molecule has 0 unspecified atom stereocenters. The van der Waals surface area contributed by atoms with Crippen molar-refractivity contribution in [3.05, 3.63) is 59.7 Å². The molecular formula is C19H16N4O5S. The molecule has 148 valence electrons. The van der Waals surface area contributed by atoms with E-state index in [9.17, 15) is 19.5 Å². The maximum absolute atomic E-state index is 12.6. The molecule has 3 rings (SSSR count). The fourth-order valence-electron chi connectivity index (χ4n) is 2.63. The van der Waals surface area contributed by atoms with Gasteiger partial charge in [-0.1, -0.05) is 23.9 Å². The molecule has 4 N–H and O–H groups in total. The number of aromatic carboxylic acids is 1. The van der Waals surface area contributed by atoms with Crippen LogP contribution in [0.2, 0.25) is 0 Å². The molecule has 0 aliphatic carbocycles. The number of phenolic OH excluding ortho intramolecular Hbond substituents is 1. The molecule has 9 nitrogen and oxygen atoms in total. The second kappa shape index (κ2) is 8.57. The van der Waals surface area contributed by atoms with Gasteiger partial charge in [-0.2, -0.15) is 5.10 Å². The minimum Gasteiger partial charge on any atom is -0.507 e. The molecule has 2 aromatic carbocycles. The lowest BCUT2D eigenvalue weighted by molar-refractivity contribution is -0.121. The minimum absolute atomic E-state index is 0.00843. The highest BCUT2D eigenvalue weighted by atomic mass is 32.2. The number of nitrogens with two attached hydrogens (primary N) is 1. The summed E-state index contributed by atoms with van der Waals surface area (Å²) in [6, 6.07) is 12.0. The molecule has 2 amide bonds. The average molecular weight is 412 g/mol. The van der Waals surface area contributed by atoms with Crippen LogP contribution in [-0.2, 0) is 9.59 Å². The summed E-state index contributed by atoms with van der Waals surface area (Å²) in [7, 11) is 0. The van der Waals surface area contributed by atoms with Gasteiger partial charge in [-0.15, -0.1) is 5.10 Å². The molecule has 1 aliphatic heterocycles. The molecule has 0 bridgehead atoms. The summed E-state index contributed by atoms with van der Waals surface area (Å²) in [4.78, 5) is 36.8. The van der Waals surface area contributed by atoms with Gasteiger partial charge in [0.1, 0.15) is 11.0 Å². The minimum atomic E-state index is -1.10. The third-order valence-corrected chi connectivity index (χ3v) is 5.01. The number of nitrogens with zero attached hydrogens (tertiary/aromatic N) is 3. The Bertz CT molecular complexity index is 1020. The zero-order valence-electron chi connectivity index (χ0n) is 14.9. The van der Waals surface area contributed by atoms with Gasteiger partial charge in [-0.25, -0.2) is 9.69 Å². The Labute approximate surface area is 169 Å². The molecule has 29 heavy (non-hydrogen) atoms. The van der Waals surface area contributed by atoms with E-state index in [1.165, 1.54) is 36.5 Å². The van der Waals surface area contributed by atoms with Crippen LogP contribution in [-0.4, -0.2) is 44.6 Å². The Morgan fingerprint density at radius 1 is 1.17 bits per heavy atom. The first kappa shape index (κ1) is 20.1. The summed E-state index contributed by atoms with van der Waals surface area (Å²) in [5.74, 6) is -1.94. The van der Waals surface area contributed by atoms with E-state index in [0.717, 1.165) is 16.7 Å². The molecule has 1 atom stereocenters. The predicted octanol–water partition coefficient (Wildman–Crippen LogP) is 1.80. The van der Waals surface area contributed by atoms with E-state index in [4.69, 9.17) is 10.8 Å². The number of benzene rings is 2. The van der Waals surface area contributed by atoms with Crippen LogP contribution in [0, 0.1) is 0 Å². The van der Waals surface area contributed by atoms with Gasteiger partial charge in [0.15, 0.2) is 5.17 Å². The van der Waals surface area contributed by atoms with E-state index >= 15 is 0 Å². The number of hydrogen-bond acceptors (Lipinski definition) is 7. The summed E-state index contributed by atoms with van der Waals surface area (Å²) >= 11 is 0.910. The van der Waals surface area contributed by atoms with Crippen LogP contribution in [0.3, 0.4) is 0 Å². The number of hydrogen-bond donors (Lipinski definition) is 3. The molecule has 0 saturated carbocycles. The number of carboxylic acid groups (broad SMARTS) is 1. The normalized spacial score (nSPS) is 17.3. The first-order valence-corrected chi connectivity index (χ1v) is 9.26.